The van der Waals surface area contributed by atoms with E-state index in [1.165, 1.54) is 18.2 Å². The highest BCUT2D eigenvalue weighted by molar-refractivity contribution is 8.26. The van der Waals surface area contributed by atoms with Crippen LogP contribution in [0.1, 0.15) is 27.2 Å². The van der Waals surface area contributed by atoms with Crippen LogP contribution in [0.15, 0.2) is 63.9 Å². The number of carbonyl (C=O) groups excluding carboxylic acids is 2. The summed E-state index contributed by atoms with van der Waals surface area (Å²) in [7, 11) is 0. The number of ether oxygens (including phenoxy) is 1. The van der Waals surface area contributed by atoms with E-state index in [2.05, 4.69) is 6.07 Å². The Balaban J connectivity index is 1.51. The van der Waals surface area contributed by atoms with Gasteiger partial charge in [-0.3, -0.25) is 14.5 Å². The molecule has 11 heteroatoms. The Hall–Kier alpha value is -3.91. The van der Waals surface area contributed by atoms with Gasteiger partial charge in [0.25, 0.3) is 5.91 Å². The van der Waals surface area contributed by atoms with Gasteiger partial charge in [-0.05, 0) is 36.4 Å². The SMILES string of the molecule is N#Cc1ccccc1COC(=O)c1cc(-c2ccc(/C=C3\SC(=S)N(CC(=O)O)C3=O)o2)ccc1Cl. The number of amides is 1. The highest BCUT2D eigenvalue weighted by atomic mass is 35.5. The first-order valence-corrected chi connectivity index (χ1v) is 11.9. The van der Waals surface area contributed by atoms with E-state index >= 15 is 0 Å². The van der Waals surface area contributed by atoms with Crippen LogP contribution in [0.5, 0.6) is 0 Å². The molecule has 1 amide bonds. The number of thiocarbonyl (C=S) groups is 1. The van der Waals surface area contributed by atoms with Crippen LogP contribution in [0.3, 0.4) is 0 Å². The van der Waals surface area contributed by atoms with Gasteiger partial charge in [-0.25, -0.2) is 4.79 Å². The number of nitrogens with zero attached hydrogens (tertiary/aromatic N) is 2. The summed E-state index contributed by atoms with van der Waals surface area (Å²) in [5, 5.41) is 18.3. The van der Waals surface area contributed by atoms with Crippen LogP contribution < -0.4 is 0 Å². The summed E-state index contributed by atoms with van der Waals surface area (Å²) in [5.74, 6) is -1.60. The molecule has 8 nitrogen and oxygen atoms in total. The molecule has 0 atom stereocenters. The third-order valence-corrected chi connectivity index (χ3v) is 6.74. The second-order valence-corrected chi connectivity index (χ2v) is 9.49. The van der Waals surface area contributed by atoms with Crippen molar-refractivity contribution in [2.75, 3.05) is 6.54 Å². The molecule has 1 aliphatic rings. The lowest BCUT2D eigenvalue weighted by Gasteiger charge is -2.10. The first-order valence-electron chi connectivity index (χ1n) is 10.3. The number of esters is 1. The molecule has 3 aromatic rings. The van der Waals surface area contributed by atoms with Crippen LogP contribution in [0.2, 0.25) is 5.02 Å². The minimum atomic E-state index is -1.17. The standard InChI is InChI=1S/C25H15ClN2O6S2/c26-19-7-5-14(9-18(19)24(32)33-13-16-4-2-1-3-15(16)11-27)20-8-6-17(34-20)10-21-23(31)28(12-22(29)30)25(35)36-21/h1-10H,12-13H2,(H,29,30)/b21-10-. The molecule has 4 rings (SSSR count). The van der Waals surface area contributed by atoms with Gasteiger partial charge in [-0.1, -0.05) is 53.8 Å². The molecule has 1 N–H and O–H groups in total. The number of aliphatic carboxylic acids is 1. The molecule has 0 unspecified atom stereocenters. The van der Waals surface area contributed by atoms with Gasteiger partial charge in [-0.15, -0.1) is 0 Å². The summed E-state index contributed by atoms with van der Waals surface area (Å²) in [5.41, 5.74) is 1.65. The largest absolute Gasteiger partial charge is 0.480 e. The minimum absolute atomic E-state index is 0.0892. The molecule has 1 fully saturated rings. The second kappa shape index (κ2) is 10.8. The van der Waals surface area contributed by atoms with Gasteiger partial charge < -0.3 is 14.3 Å². The monoisotopic (exact) mass is 538 g/mol. The fourth-order valence-electron chi connectivity index (χ4n) is 3.30. The first-order chi connectivity index (χ1) is 17.3. The van der Waals surface area contributed by atoms with Crippen LogP contribution in [-0.2, 0) is 20.9 Å². The molecule has 0 spiro atoms. The molecule has 1 aliphatic heterocycles. The van der Waals surface area contributed by atoms with E-state index in [1.54, 1.807) is 42.5 Å². The van der Waals surface area contributed by atoms with Crippen molar-refractivity contribution in [1.29, 1.82) is 5.26 Å². The third kappa shape index (κ3) is 5.49. The molecule has 2 heterocycles. The maximum Gasteiger partial charge on any atom is 0.340 e. The number of benzene rings is 2. The van der Waals surface area contributed by atoms with Crippen molar-refractivity contribution in [1.82, 2.24) is 4.90 Å². The van der Waals surface area contributed by atoms with Crippen molar-refractivity contribution in [2.24, 2.45) is 0 Å². The van der Waals surface area contributed by atoms with Crippen molar-refractivity contribution >= 4 is 63.8 Å². The van der Waals surface area contributed by atoms with E-state index in [4.69, 9.17) is 38.1 Å². The number of carboxylic acids is 1. The van der Waals surface area contributed by atoms with Crippen molar-refractivity contribution in [3.8, 4) is 17.4 Å². The lowest BCUT2D eigenvalue weighted by Crippen LogP contribution is -2.33. The fourth-order valence-corrected chi connectivity index (χ4v) is 4.73. The van der Waals surface area contributed by atoms with Gasteiger partial charge in [0.15, 0.2) is 0 Å². The summed E-state index contributed by atoms with van der Waals surface area (Å²) in [6.45, 7) is -0.606. The van der Waals surface area contributed by atoms with Gasteiger partial charge in [0.1, 0.15) is 29.0 Å². The Morgan fingerprint density at radius 1 is 1.22 bits per heavy atom. The zero-order valence-electron chi connectivity index (χ0n) is 18.3. The van der Waals surface area contributed by atoms with Crippen molar-refractivity contribution in [3.63, 3.8) is 0 Å². The first kappa shape index (κ1) is 25.2. The summed E-state index contributed by atoms with van der Waals surface area (Å²) < 4.78 is 11.3. The molecular weight excluding hydrogens is 524 g/mol. The topological polar surface area (TPSA) is 121 Å². The molecule has 36 heavy (non-hydrogen) atoms. The molecule has 180 valence electrons. The number of halogens is 1. The quantitative estimate of drug-likeness (QED) is 0.248. The van der Waals surface area contributed by atoms with Crippen molar-refractivity contribution in [2.45, 2.75) is 6.61 Å². The summed E-state index contributed by atoms with van der Waals surface area (Å²) >= 11 is 12.3. The number of carbonyl (C=O) groups is 3. The van der Waals surface area contributed by atoms with Crippen LogP contribution in [0, 0.1) is 11.3 Å². The van der Waals surface area contributed by atoms with Crippen LogP contribution in [0.4, 0.5) is 0 Å². The van der Waals surface area contributed by atoms with E-state index in [9.17, 15) is 19.6 Å². The number of hydrogen-bond acceptors (Lipinski definition) is 8. The molecule has 1 saturated heterocycles. The third-order valence-electron chi connectivity index (χ3n) is 5.03. The van der Waals surface area contributed by atoms with E-state index in [0.717, 1.165) is 16.7 Å². The predicted molar refractivity (Wildman–Crippen MR) is 137 cm³/mol. The van der Waals surface area contributed by atoms with E-state index < -0.39 is 24.4 Å². The number of nitriles is 1. The highest BCUT2D eigenvalue weighted by Gasteiger charge is 2.33. The van der Waals surface area contributed by atoms with Crippen molar-refractivity contribution in [3.05, 3.63) is 87.0 Å². The average molecular weight is 539 g/mol. The highest BCUT2D eigenvalue weighted by Crippen LogP contribution is 2.34. The maximum absolute atomic E-state index is 12.7. The van der Waals surface area contributed by atoms with Gasteiger partial charge in [-0.2, -0.15) is 5.26 Å². The van der Waals surface area contributed by atoms with Gasteiger partial charge in [0, 0.05) is 17.2 Å². The van der Waals surface area contributed by atoms with Crippen molar-refractivity contribution < 1.29 is 28.6 Å². The normalized spacial score (nSPS) is 14.2. The fraction of sp³-hybridized carbons (Fsp3) is 0.0800. The van der Waals surface area contributed by atoms with Crippen LogP contribution in [-0.4, -0.2) is 38.7 Å². The number of hydrogen-bond donors (Lipinski definition) is 1. The second-order valence-electron chi connectivity index (χ2n) is 7.40. The molecule has 0 radical (unpaired) electrons. The Labute approximate surface area is 219 Å². The average Bonchev–Trinajstić information content (AvgIpc) is 3.43. The van der Waals surface area contributed by atoms with Crippen LogP contribution in [0.25, 0.3) is 17.4 Å². The summed E-state index contributed by atoms with van der Waals surface area (Å²) in [4.78, 5) is 37.4. The zero-order chi connectivity index (χ0) is 25.8. The zero-order valence-corrected chi connectivity index (χ0v) is 20.7. The Morgan fingerprint density at radius 2 is 2.00 bits per heavy atom. The lowest BCUT2D eigenvalue weighted by atomic mass is 10.1. The molecular formula is C25H15ClN2O6S2. The Bertz CT molecular complexity index is 1470. The van der Waals surface area contributed by atoms with Crippen LogP contribution >= 0.6 is 35.6 Å². The maximum atomic E-state index is 12.7. The van der Waals surface area contributed by atoms with E-state index in [1.807, 2.05) is 0 Å². The lowest BCUT2D eigenvalue weighted by molar-refractivity contribution is -0.140. The predicted octanol–water partition coefficient (Wildman–Crippen LogP) is 5.11. The number of carboxylic acid groups (broad SMARTS) is 1. The van der Waals surface area contributed by atoms with E-state index in [0.29, 0.717) is 28.2 Å². The van der Waals surface area contributed by atoms with Gasteiger partial charge >= 0.3 is 11.9 Å². The van der Waals surface area contributed by atoms with Gasteiger partial charge in [0.2, 0.25) is 0 Å². The Kier molecular flexibility index (Phi) is 7.55. The van der Waals surface area contributed by atoms with Gasteiger partial charge in [0.05, 0.1) is 27.1 Å². The number of rotatable bonds is 7. The van der Waals surface area contributed by atoms with E-state index in [-0.39, 0.29) is 26.4 Å². The minimum Gasteiger partial charge on any atom is -0.480 e. The molecule has 0 bridgehead atoms. The smallest absolute Gasteiger partial charge is 0.340 e. The Morgan fingerprint density at radius 3 is 2.75 bits per heavy atom. The molecule has 0 saturated carbocycles. The molecule has 1 aromatic heterocycles. The summed E-state index contributed by atoms with van der Waals surface area (Å²) in [6.07, 6.45) is 1.47. The number of furan rings is 1. The summed E-state index contributed by atoms with van der Waals surface area (Å²) in [6, 6.07) is 16.9. The number of thioether (sulfide) groups is 1. The molecule has 2 aromatic carbocycles. The molecule has 0 aliphatic carbocycles.